The van der Waals surface area contributed by atoms with E-state index in [1.165, 1.54) is 22.3 Å². The summed E-state index contributed by atoms with van der Waals surface area (Å²) in [4.78, 5) is 2.44. The molecule has 1 aliphatic rings. The van der Waals surface area contributed by atoms with Gasteiger partial charge in [-0.25, -0.2) is 0 Å². The lowest BCUT2D eigenvalue weighted by Gasteiger charge is -2.19. The maximum Gasteiger partial charge on any atom is 0.0991 e. The maximum atomic E-state index is 9.01. The summed E-state index contributed by atoms with van der Waals surface area (Å²) in [7, 11) is 0. The summed E-state index contributed by atoms with van der Waals surface area (Å²) in [5, 5.41) is 9.01. The smallest absolute Gasteiger partial charge is 0.0991 e. The zero-order valence-corrected chi connectivity index (χ0v) is 13.6. The Kier molecular flexibility index (Phi) is 3.76. The van der Waals surface area contributed by atoms with Gasteiger partial charge in [0.2, 0.25) is 0 Å². The van der Waals surface area contributed by atoms with E-state index in [0.717, 1.165) is 25.2 Å². The minimum absolute atomic E-state index is 0.198. The van der Waals surface area contributed by atoms with E-state index < -0.39 is 0 Å². The van der Waals surface area contributed by atoms with E-state index in [9.17, 15) is 0 Å². The molecule has 1 heterocycles. The molecule has 0 aliphatic carbocycles. The molecule has 1 aliphatic heterocycles. The van der Waals surface area contributed by atoms with Gasteiger partial charge < -0.3 is 0 Å². The van der Waals surface area contributed by atoms with Crippen molar-refractivity contribution in [1.82, 2.24) is 4.90 Å². The van der Waals surface area contributed by atoms with Crippen molar-refractivity contribution < 1.29 is 0 Å². The number of rotatable bonds is 2. The molecule has 2 nitrogen and oxygen atoms in total. The zero-order chi connectivity index (χ0) is 15.7. The van der Waals surface area contributed by atoms with Gasteiger partial charge in [-0.1, -0.05) is 51.1 Å². The topological polar surface area (TPSA) is 27.0 Å². The van der Waals surface area contributed by atoms with Crippen molar-refractivity contribution in [3.63, 3.8) is 0 Å². The van der Waals surface area contributed by atoms with Crippen molar-refractivity contribution in [2.45, 2.75) is 45.8 Å². The second kappa shape index (κ2) is 5.59. The maximum absolute atomic E-state index is 9.01. The number of nitriles is 1. The van der Waals surface area contributed by atoms with Crippen molar-refractivity contribution in [2.24, 2.45) is 0 Å². The summed E-state index contributed by atoms with van der Waals surface area (Å²) in [6.07, 6.45) is 0. The molecule has 0 bridgehead atoms. The second-order valence-corrected chi connectivity index (χ2v) is 7.19. The predicted octanol–water partition coefficient (Wildman–Crippen LogP) is 4.37. The Morgan fingerprint density at radius 1 is 1.05 bits per heavy atom. The quantitative estimate of drug-likeness (QED) is 0.821. The highest BCUT2D eigenvalue weighted by Crippen LogP contribution is 2.30. The third-order valence-corrected chi connectivity index (χ3v) is 4.32. The Labute approximate surface area is 133 Å². The SMILES string of the molecule is CC(C)(C)c1ccc2c(c1)CN(Cc1cccc(C#N)c1)C2. The van der Waals surface area contributed by atoms with E-state index >= 15 is 0 Å². The fraction of sp³-hybridized carbons (Fsp3) is 0.350. The molecule has 0 saturated heterocycles. The minimum Gasteiger partial charge on any atom is -0.291 e. The lowest BCUT2D eigenvalue weighted by atomic mass is 9.85. The second-order valence-electron chi connectivity index (χ2n) is 7.19. The van der Waals surface area contributed by atoms with Crippen molar-refractivity contribution >= 4 is 0 Å². The Bertz CT molecular complexity index is 732. The van der Waals surface area contributed by atoms with Gasteiger partial charge >= 0.3 is 0 Å². The van der Waals surface area contributed by atoms with Gasteiger partial charge in [0.25, 0.3) is 0 Å². The molecular weight excluding hydrogens is 268 g/mol. The predicted molar refractivity (Wildman–Crippen MR) is 89.3 cm³/mol. The van der Waals surface area contributed by atoms with Crippen LogP contribution in [0.5, 0.6) is 0 Å². The van der Waals surface area contributed by atoms with Crippen LogP contribution in [0.4, 0.5) is 0 Å². The summed E-state index contributed by atoms with van der Waals surface area (Å²) < 4.78 is 0. The highest BCUT2D eigenvalue weighted by molar-refractivity contribution is 5.38. The molecule has 112 valence electrons. The van der Waals surface area contributed by atoms with Gasteiger partial charge in [0.05, 0.1) is 11.6 Å². The van der Waals surface area contributed by atoms with Gasteiger partial charge in [0, 0.05) is 19.6 Å². The van der Waals surface area contributed by atoms with Crippen molar-refractivity contribution in [2.75, 3.05) is 0 Å². The number of nitrogens with zero attached hydrogens (tertiary/aromatic N) is 2. The largest absolute Gasteiger partial charge is 0.291 e. The Hall–Kier alpha value is -2.11. The molecule has 3 rings (SSSR count). The first-order chi connectivity index (χ1) is 10.5. The number of fused-ring (bicyclic) bond motifs is 1. The molecule has 0 aromatic heterocycles. The summed E-state index contributed by atoms with van der Waals surface area (Å²) in [6, 6.07) is 17.0. The molecule has 0 fully saturated rings. The number of hydrogen-bond acceptors (Lipinski definition) is 2. The van der Waals surface area contributed by atoms with Gasteiger partial charge in [-0.15, -0.1) is 0 Å². The van der Waals surface area contributed by atoms with Crippen molar-refractivity contribution in [3.8, 4) is 6.07 Å². The lowest BCUT2D eigenvalue weighted by Crippen LogP contribution is -2.15. The molecule has 0 amide bonds. The zero-order valence-electron chi connectivity index (χ0n) is 13.6. The molecule has 2 aromatic rings. The van der Waals surface area contributed by atoms with Gasteiger partial charge in [0.1, 0.15) is 0 Å². The highest BCUT2D eigenvalue weighted by atomic mass is 15.1. The van der Waals surface area contributed by atoms with Crippen LogP contribution in [0.1, 0.15) is 48.6 Å². The first-order valence-corrected chi connectivity index (χ1v) is 7.79. The summed E-state index contributed by atoms with van der Waals surface area (Å²) in [5.74, 6) is 0. The molecule has 22 heavy (non-hydrogen) atoms. The standard InChI is InChI=1S/C20H22N2/c1-20(2,3)19-8-7-17-13-22(14-18(17)10-19)12-16-6-4-5-15(9-16)11-21/h4-10H,12-14H2,1-3H3. The van der Waals surface area contributed by atoms with Crippen LogP contribution in [0.2, 0.25) is 0 Å². The Balaban J connectivity index is 1.76. The van der Waals surface area contributed by atoms with E-state index in [1.807, 2.05) is 18.2 Å². The summed E-state index contributed by atoms with van der Waals surface area (Å²) in [5.41, 5.74) is 6.43. The molecule has 2 aromatic carbocycles. The average Bonchev–Trinajstić information content (AvgIpc) is 2.87. The van der Waals surface area contributed by atoms with Crippen molar-refractivity contribution in [1.29, 1.82) is 5.26 Å². The highest BCUT2D eigenvalue weighted by Gasteiger charge is 2.22. The third-order valence-electron chi connectivity index (χ3n) is 4.32. The van der Waals surface area contributed by atoms with E-state index in [2.05, 4.69) is 56.0 Å². The van der Waals surface area contributed by atoms with E-state index in [0.29, 0.717) is 0 Å². The summed E-state index contributed by atoms with van der Waals surface area (Å²) >= 11 is 0. The van der Waals surface area contributed by atoms with Crippen LogP contribution in [0.15, 0.2) is 42.5 Å². The van der Waals surface area contributed by atoms with Crippen molar-refractivity contribution in [3.05, 3.63) is 70.3 Å². The molecule has 0 spiro atoms. The first kappa shape index (κ1) is 14.8. The monoisotopic (exact) mass is 290 g/mol. The van der Waals surface area contributed by atoms with E-state index in [1.54, 1.807) is 0 Å². The Morgan fingerprint density at radius 2 is 1.82 bits per heavy atom. The van der Waals surface area contributed by atoms with Crippen LogP contribution in [-0.4, -0.2) is 4.90 Å². The molecule has 0 atom stereocenters. The Morgan fingerprint density at radius 3 is 2.55 bits per heavy atom. The van der Waals surface area contributed by atoms with Crippen LogP contribution in [0.25, 0.3) is 0 Å². The van der Waals surface area contributed by atoms with E-state index in [-0.39, 0.29) is 5.41 Å². The molecule has 0 saturated carbocycles. The summed E-state index contributed by atoms with van der Waals surface area (Å²) in [6.45, 7) is 9.67. The van der Waals surface area contributed by atoms with Crippen LogP contribution in [0, 0.1) is 11.3 Å². The first-order valence-electron chi connectivity index (χ1n) is 7.79. The fourth-order valence-corrected chi connectivity index (χ4v) is 3.04. The molecule has 0 radical (unpaired) electrons. The van der Waals surface area contributed by atoms with Gasteiger partial charge in [-0.2, -0.15) is 5.26 Å². The number of hydrogen-bond donors (Lipinski definition) is 0. The molecule has 0 N–H and O–H groups in total. The van der Waals surface area contributed by atoms with Crippen LogP contribution in [0.3, 0.4) is 0 Å². The third kappa shape index (κ3) is 3.05. The van der Waals surface area contributed by atoms with Crippen LogP contribution in [-0.2, 0) is 25.0 Å². The molecule has 2 heteroatoms. The van der Waals surface area contributed by atoms with Crippen LogP contribution >= 0.6 is 0 Å². The lowest BCUT2D eigenvalue weighted by molar-refractivity contribution is 0.275. The van der Waals surface area contributed by atoms with E-state index in [4.69, 9.17) is 5.26 Å². The fourth-order valence-electron chi connectivity index (χ4n) is 3.04. The minimum atomic E-state index is 0.198. The normalized spacial score (nSPS) is 14.6. The van der Waals surface area contributed by atoms with Gasteiger partial charge in [-0.05, 0) is 39.8 Å². The van der Waals surface area contributed by atoms with Crippen LogP contribution < -0.4 is 0 Å². The van der Waals surface area contributed by atoms with Gasteiger partial charge in [0.15, 0.2) is 0 Å². The number of benzene rings is 2. The molecule has 0 unspecified atom stereocenters. The molecular formula is C20H22N2. The van der Waals surface area contributed by atoms with Gasteiger partial charge in [-0.3, -0.25) is 4.90 Å². The average molecular weight is 290 g/mol.